The number of nitrogens with zero attached hydrogens (tertiary/aromatic N) is 2. The van der Waals surface area contributed by atoms with Gasteiger partial charge >= 0.3 is 0 Å². The van der Waals surface area contributed by atoms with Crippen LogP contribution < -0.4 is 5.32 Å². The molecule has 0 aromatic carbocycles. The van der Waals surface area contributed by atoms with Crippen molar-refractivity contribution in [2.75, 3.05) is 26.1 Å². The van der Waals surface area contributed by atoms with Crippen LogP contribution in [0.2, 0.25) is 0 Å². The molecule has 2 rings (SSSR count). The first-order chi connectivity index (χ1) is 8.83. The monoisotopic (exact) mass is 265 g/mol. The van der Waals surface area contributed by atoms with Crippen LogP contribution in [-0.2, 0) is 9.47 Å². The zero-order valence-electron chi connectivity index (χ0n) is 10.3. The Morgan fingerprint density at radius 1 is 1.33 bits per heavy atom. The lowest BCUT2D eigenvalue weighted by molar-refractivity contribution is -0.0914. The number of hydrogen-bond donors (Lipinski definition) is 1. The maximum atomic E-state index is 5.10. The topological polar surface area (TPSA) is 56.3 Å². The van der Waals surface area contributed by atoms with Crippen LogP contribution in [0, 0.1) is 0 Å². The Hall–Kier alpha value is -1.50. The molecular formula is C12H15N3O2S. The van der Waals surface area contributed by atoms with E-state index in [0.717, 1.165) is 17.1 Å². The molecule has 2 heterocycles. The van der Waals surface area contributed by atoms with Gasteiger partial charge in [0.25, 0.3) is 0 Å². The van der Waals surface area contributed by atoms with Crippen molar-refractivity contribution in [3.05, 3.63) is 29.2 Å². The predicted octanol–water partition coefficient (Wildman–Crippen LogP) is 2.24. The van der Waals surface area contributed by atoms with E-state index >= 15 is 0 Å². The minimum atomic E-state index is -0.287. The van der Waals surface area contributed by atoms with Gasteiger partial charge in [-0.15, -0.1) is 0 Å². The van der Waals surface area contributed by atoms with Gasteiger partial charge in [-0.05, 0) is 11.4 Å². The molecular weight excluding hydrogens is 250 g/mol. The maximum Gasteiger partial charge on any atom is 0.173 e. The molecule has 2 aromatic rings. The lowest BCUT2D eigenvalue weighted by Crippen LogP contribution is -2.24. The Balaban J connectivity index is 2.04. The van der Waals surface area contributed by atoms with Crippen molar-refractivity contribution in [3.63, 3.8) is 0 Å². The van der Waals surface area contributed by atoms with Crippen LogP contribution in [0.3, 0.4) is 0 Å². The van der Waals surface area contributed by atoms with Crippen LogP contribution in [0.1, 0.15) is 0 Å². The van der Waals surface area contributed by atoms with Gasteiger partial charge in [0.15, 0.2) is 6.29 Å². The van der Waals surface area contributed by atoms with Gasteiger partial charge in [0.1, 0.15) is 12.1 Å². The van der Waals surface area contributed by atoms with Gasteiger partial charge in [0.2, 0.25) is 0 Å². The summed E-state index contributed by atoms with van der Waals surface area (Å²) in [5.74, 6) is 0.755. The highest BCUT2D eigenvalue weighted by atomic mass is 32.1. The summed E-state index contributed by atoms with van der Waals surface area (Å²) < 4.78 is 10.2. The number of hydrogen-bond acceptors (Lipinski definition) is 6. The van der Waals surface area contributed by atoms with Crippen LogP contribution in [0.4, 0.5) is 5.82 Å². The highest BCUT2D eigenvalue weighted by molar-refractivity contribution is 7.08. The van der Waals surface area contributed by atoms with Crippen LogP contribution >= 0.6 is 11.3 Å². The minimum absolute atomic E-state index is 0.287. The number of ether oxygens (including phenoxy) is 2. The molecule has 5 nitrogen and oxygen atoms in total. The van der Waals surface area contributed by atoms with E-state index in [4.69, 9.17) is 9.47 Å². The van der Waals surface area contributed by atoms with Crippen molar-refractivity contribution < 1.29 is 9.47 Å². The number of rotatable bonds is 6. The number of methoxy groups -OCH3 is 2. The van der Waals surface area contributed by atoms with E-state index in [1.807, 2.05) is 17.5 Å². The van der Waals surface area contributed by atoms with Crippen molar-refractivity contribution >= 4 is 17.2 Å². The van der Waals surface area contributed by atoms with Crippen LogP contribution in [0.15, 0.2) is 29.2 Å². The molecule has 0 aliphatic rings. The molecule has 0 aliphatic carbocycles. The van der Waals surface area contributed by atoms with Crippen LogP contribution in [-0.4, -0.2) is 37.0 Å². The van der Waals surface area contributed by atoms with E-state index < -0.39 is 0 Å². The number of aromatic nitrogens is 2. The summed E-state index contributed by atoms with van der Waals surface area (Å²) in [4.78, 5) is 8.40. The van der Waals surface area contributed by atoms with Crippen molar-refractivity contribution in [3.8, 4) is 11.3 Å². The zero-order valence-corrected chi connectivity index (χ0v) is 11.1. The summed E-state index contributed by atoms with van der Waals surface area (Å²) in [5.41, 5.74) is 2.00. The fourth-order valence-corrected chi connectivity index (χ4v) is 2.12. The minimum Gasteiger partial charge on any atom is -0.365 e. The molecule has 0 bridgehead atoms. The number of thiophene rings is 1. The van der Waals surface area contributed by atoms with E-state index in [9.17, 15) is 0 Å². The fraction of sp³-hybridized carbons (Fsp3) is 0.333. The Bertz CT molecular complexity index is 472. The number of nitrogens with one attached hydrogen (secondary N) is 1. The molecule has 1 N–H and O–H groups in total. The summed E-state index contributed by atoms with van der Waals surface area (Å²) in [6, 6.07) is 3.94. The highest BCUT2D eigenvalue weighted by Crippen LogP contribution is 2.21. The molecule has 0 fully saturated rings. The molecule has 0 saturated carbocycles. The first-order valence-electron chi connectivity index (χ1n) is 5.47. The molecule has 0 saturated heterocycles. The third-order valence-corrected chi connectivity index (χ3v) is 3.14. The third-order valence-electron chi connectivity index (χ3n) is 2.46. The normalized spacial score (nSPS) is 10.8. The van der Waals surface area contributed by atoms with Crippen molar-refractivity contribution in [2.45, 2.75) is 6.29 Å². The van der Waals surface area contributed by atoms with Crippen molar-refractivity contribution in [1.82, 2.24) is 9.97 Å². The molecule has 0 spiro atoms. The standard InChI is InChI=1S/C12H15N3O2S/c1-16-12(17-2)6-13-11-5-10(14-8-15-11)9-3-4-18-7-9/h3-5,7-8,12H,6H2,1-2H3,(H,13,14,15). The van der Waals surface area contributed by atoms with E-state index in [1.165, 1.54) is 0 Å². The smallest absolute Gasteiger partial charge is 0.173 e. The Morgan fingerprint density at radius 3 is 2.83 bits per heavy atom. The van der Waals surface area contributed by atoms with Crippen molar-refractivity contribution in [2.24, 2.45) is 0 Å². The summed E-state index contributed by atoms with van der Waals surface area (Å²) >= 11 is 1.64. The lowest BCUT2D eigenvalue weighted by Gasteiger charge is -2.14. The van der Waals surface area contributed by atoms with Gasteiger partial charge in [-0.1, -0.05) is 0 Å². The molecule has 18 heavy (non-hydrogen) atoms. The molecule has 96 valence electrons. The molecule has 0 aliphatic heterocycles. The Morgan fingerprint density at radius 2 is 2.17 bits per heavy atom. The fourth-order valence-electron chi connectivity index (χ4n) is 1.47. The van der Waals surface area contributed by atoms with E-state index in [-0.39, 0.29) is 6.29 Å². The summed E-state index contributed by atoms with van der Waals surface area (Å²) in [6.07, 6.45) is 1.26. The first-order valence-corrected chi connectivity index (χ1v) is 6.42. The second kappa shape index (κ2) is 6.44. The van der Waals surface area contributed by atoms with Gasteiger partial charge in [-0.3, -0.25) is 0 Å². The van der Waals surface area contributed by atoms with Gasteiger partial charge < -0.3 is 14.8 Å². The van der Waals surface area contributed by atoms with Crippen molar-refractivity contribution in [1.29, 1.82) is 0 Å². The molecule has 0 unspecified atom stereocenters. The third kappa shape index (κ3) is 3.25. The predicted molar refractivity (Wildman–Crippen MR) is 71.6 cm³/mol. The second-order valence-corrected chi connectivity index (χ2v) is 4.36. The lowest BCUT2D eigenvalue weighted by atomic mass is 10.2. The maximum absolute atomic E-state index is 5.10. The van der Waals surface area contributed by atoms with Gasteiger partial charge in [-0.25, -0.2) is 9.97 Å². The highest BCUT2D eigenvalue weighted by Gasteiger charge is 2.06. The van der Waals surface area contributed by atoms with E-state index in [1.54, 1.807) is 31.9 Å². The summed E-state index contributed by atoms with van der Waals surface area (Å²) in [6.45, 7) is 0.535. The Labute approximate surface area is 110 Å². The van der Waals surface area contributed by atoms with E-state index in [2.05, 4.69) is 20.7 Å². The number of anilines is 1. The second-order valence-electron chi connectivity index (χ2n) is 3.58. The molecule has 0 amide bonds. The van der Waals surface area contributed by atoms with Crippen LogP contribution in [0.5, 0.6) is 0 Å². The molecule has 6 heteroatoms. The van der Waals surface area contributed by atoms with Crippen LogP contribution in [0.25, 0.3) is 11.3 Å². The average molecular weight is 265 g/mol. The van der Waals surface area contributed by atoms with E-state index in [0.29, 0.717) is 6.54 Å². The zero-order chi connectivity index (χ0) is 12.8. The average Bonchev–Trinajstić information content (AvgIpc) is 2.94. The van der Waals surface area contributed by atoms with Gasteiger partial charge in [0, 0.05) is 31.2 Å². The summed E-state index contributed by atoms with van der Waals surface area (Å²) in [5, 5.41) is 7.23. The van der Waals surface area contributed by atoms with Gasteiger partial charge in [-0.2, -0.15) is 11.3 Å². The largest absolute Gasteiger partial charge is 0.365 e. The molecule has 0 atom stereocenters. The molecule has 2 aromatic heterocycles. The first kappa shape index (κ1) is 12.9. The SMILES string of the molecule is COC(CNc1cc(-c2ccsc2)ncn1)OC. The Kier molecular flexibility index (Phi) is 4.63. The summed E-state index contributed by atoms with van der Waals surface area (Å²) in [7, 11) is 3.21. The van der Waals surface area contributed by atoms with Gasteiger partial charge in [0.05, 0.1) is 12.2 Å². The molecule has 0 radical (unpaired) electrons. The quantitative estimate of drug-likeness (QED) is 0.812.